The molecule has 0 fully saturated rings. The number of nitrogens with zero attached hydrogens (tertiary/aromatic N) is 4. The van der Waals surface area contributed by atoms with E-state index in [0.717, 1.165) is 35.2 Å². The molecule has 1 aromatic carbocycles. The maximum Gasteiger partial charge on any atom is 0.337 e. The fraction of sp³-hybridized carbons (Fsp3) is 0.200. The molecule has 0 amide bonds. The molecule has 8 nitrogen and oxygen atoms in total. The molecular weight excluding hydrogens is 418 g/mol. The zero-order valence-corrected chi connectivity index (χ0v) is 18.7. The van der Waals surface area contributed by atoms with Crippen LogP contribution < -0.4 is 10.1 Å². The number of benzene rings is 1. The summed E-state index contributed by atoms with van der Waals surface area (Å²) in [6, 6.07) is 14.4. The highest BCUT2D eigenvalue weighted by atomic mass is 16.5. The quantitative estimate of drug-likeness (QED) is 0.393. The summed E-state index contributed by atoms with van der Waals surface area (Å²) in [6.07, 6.45) is 5.07. The van der Waals surface area contributed by atoms with Crippen LogP contribution in [-0.4, -0.2) is 37.9 Å². The third kappa shape index (κ3) is 4.41. The van der Waals surface area contributed by atoms with Crippen molar-refractivity contribution in [3.05, 3.63) is 77.7 Å². The largest absolute Gasteiger partial charge is 0.481 e. The Labute approximate surface area is 191 Å². The van der Waals surface area contributed by atoms with Gasteiger partial charge < -0.3 is 15.2 Å². The van der Waals surface area contributed by atoms with Gasteiger partial charge in [0.1, 0.15) is 5.82 Å². The number of methoxy groups -OCH3 is 1. The van der Waals surface area contributed by atoms with Crippen molar-refractivity contribution in [3.63, 3.8) is 0 Å². The van der Waals surface area contributed by atoms with Crippen LogP contribution in [0.4, 0.5) is 11.5 Å². The Kier molecular flexibility index (Phi) is 6.35. The lowest BCUT2D eigenvalue weighted by Gasteiger charge is -2.15. The van der Waals surface area contributed by atoms with E-state index in [4.69, 9.17) is 9.84 Å². The maximum absolute atomic E-state index is 11.9. The van der Waals surface area contributed by atoms with E-state index in [1.807, 2.05) is 25.1 Å². The minimum atomic E-state index is -1.01. The number of nitrogens with one attached hydrogen (secondary N) is 1. The zero-order chi connectivity index (χ0) is 23.4. The summed E-state index contributed by atoms with van der Waals surface area (Å²) in [5.41, 5.74) is 4.12. The summed E-state index contributed by atoms with van der Waals surface area (Å²) < 4.78 is 6.97. The van der Waals surface area contributed by atoms with Crippen molar-refractivity contribution in [2.45, 2.75) is 26.7 Å². The van der Waals surface area contributed by atoms with E-state index >= 15 is 0 Å². The molecule has 0 unspecified atom stereocenters. The number of aryl methyl sites for hydroxylation is 2. The second-order valence-corrected chi connectivity index (χ2v) is 7.54. The molecule has 0 saturated carbocycles. The molecule has 0 aliphatic heterocycles. The first-order valence-corrected chi connectivity index (χ1v) is 10.7. The highest BCUT2D eigenvalue weighted by Gasteiger charge is 2.23. The van der Waals surface area contributed by atoms with Gasteiger partial charge in [0.15, 0.2) is 5.82 Å². The summed E-state index contributed by atoms with van der Waals surface area (Å²) in [5.74, 6) is 0.785. The van der Waals surface area contributed by atoms with Crippen LogP contribution in [0.2, 0.25) is 0 Å². The fourth-order valence-corrected chi connectivity index (χ4v) is 3.70. The van der Waals surface area contributed by atoms with Crippen molar-refractivity contribution in [3.8, 4) is 22.8 Å². The topological polar surface area (TPSA) is 102 Å². The van der Waals surface area contributed by atoms with Gasteiger partial charge in [0, 0.05) is 29.6 Å². The number of pyridine rings is 2. The molecule has 4 aromatic rings. The third-order valence-corrected chi connectivity index (χ3v) is 5.27. The number of carboxylic acid groups (broad SMARTS) is 1. The summed E-state index contributed by atoms with van der Waals surface area (Å²) in [7, 11) is 1.57. The molecule has 168 valence electrons. The number of anilines is 2. The number of ether oxygens (including phenoxy) is 1. The molecule has 0 atom stereocenters. The van der Waals surface area contributed by atoms with Gasteiger partial charge in [-0.15, -0.1) is 0 Å². The summed E-state index contributed by atoms with van der Waals surface area (Å²) >= 11 is 0. The van der Waals surface area contributed by atoms with Gasteiger partial charge in [-0.2, -0.15) is 9.78 Å². The average Bonchev–Trinajstić information content (AvgIpc) is 3.17. The number of carboxylic acids is 1. The van der Waals surface area contributed by atoms with Gasteiger partial charge in [0.25, 0.3) is 0 Å². The normalized spacial score (nSPS) is 10.8. The second-order valence-electron chi connectivity index (χ2n) is 7.54. The molecule has 8 heteroatoms. The highest BCUT2D eigenvalue weighted by Crippen LogP contribution is 2.37. The van der Waals surface area contributed by atoms with Crippen molar-refractivity contribution >= 4 is 17.5 Å². The van der Waals surface area contributed by atoms with Crippen molar-refractivity contribution in [1.82, 2.24) is 19.7 Å². The molecule has 0 aliphatic rings. The predicted octanol–water partition coefficient (Wildman–Crippen LogP) is 5.04. The lowest BCUT2D eigenvalue weighted by atomic mass is 10.0. The number of carbonyl (C=O) groups is 1. The molecule has 33 heavy (non-hydrogen) atoms. The Bertz CT molecular complexity index is 1280. The average molecular weight is 444 g/mol. The molecule has 0 radical (unpaired) electrons. The minimum Gasteiger partial charge on any atom is -0.481 e. The Morgan fingerprint density at radius 2 is 1.94 bits per heavy atom. The Morgan fingerprint density at radius 3 is 2.61 bits per heavy atom. The Balaban J connectivity index is 1.98. The minimum absolute atomic E-state index is 0.166. The molecule has 0 bridgehead atoms. The van der Waals surface area contributed by atoms with Crippen LogP contribution in [0.1, 0.15) is 35.0 Å². The van der Waals surface area contributed by atoms with E-state index < -0.39 is 5.97 Å². The van der Waals surface area contributed by atoms with E-state index in [1.54, 1.807) is 54.5 Å². The summed E-state index contributed by atoms with van der Waals surface area (Å²) in [6.45, 7) is 4.06. The maximum atomic E-state index is 11.9. The molecule has 0 aliphatic carbocycles. The van der Waals surface area contributed by atoms with Crippen molar-refractivity contribution in [2.75, 3.05) is 12.4 Å². The van der Waals surface area contributed by atoms with Crippen LogP contribution in [0.15, 0.2) is 60.9 Å². The van der Waals surface area contributed by atoms with Crippen molar-refractivity contribution < 1.29 is 14.6 Å². The van der Waals surface area contributed by atoms with Crippen molar-refractivity contribution in [1.29, 1.82) is 0 Å². The molecule has 3 heterocycles. The first-order chi connectivity index (χ1) is 16.0. The Morgan fingerprint density at radius 1 is 1.12 bits per heavy atom. The Hall–Kier alpha value is -4.20. The monoisotopic (exact) mass is 443 g/mol. The van der Waals surface area contributed by atoms with Crippen molar-refractivity contribution in [2.24, 2.45) is 0 Å². The van der Waals surface area contributed by atoms with E-state index in [-0.39, 0.29) is 5.56 Å². The van der Waals surface area contributed by atoms with E-state index in [9.17, 15) is 9.90 Å². The lowest BCUT2D eigenvalue weighted by Crippen LogP contribution is -2.09. The zero-order valence-electron chi connectivity index (χ0n) is 18.7. The molecular formula is C25H25N5O3. The number of aromatic carboxylic acids is 1. The van der Waals surface area contributed by atoms with Crippen LogP contribution in [0, 0.1) is 6.92 Å². The van der Waals surface area contributed by atoms with E-state index in [2.05, 4.69) is 22.2 Å². The van der Waals surface area contributed by atoms with Gasteiger partial charge >= 0.3 is 5.97 Å². The van der Waals surface area contributed by atoms with Crippen LogP contribution in [-0.2, 0) is 6.42 Å². The first kappa shape index (κ1) is 22.0. The third-order valence-electron chi connectivity index (χ3n) is 5.27. The van der Waals surface area contributed by atoms with Gasteiger partial charge in [-0.1, -0.05) is 31.5 Å². The van der Waals surface area contributed by atoms with E-state index in [1.165, 1.54) is 0 Å². The molecule has 0 saturated heterocycles. The van der Waals surface area contributed by atoms with Gasteiger partial charge in [-0.3, -0.25) is 0 Å². The molecule has 3 aromatic heterocycles. The standard InChI is InChI=1S/C25H25N5O3/c1-4-8-20-22(17-12-13-21(33-3)27-15-17)24(28-19-11-6-5-10-18(19)25(31)32)30(29-20)23-16(2)9-7-14-26-23/h5-7,9-15,28H,4,8H2,1-3H3,(H,31,32). The molecule has 0 spiro atoms. The molecule has 2 N–H and O–H groups in total. The van der Waals surface area contributed by atoms with Crippen LogP contribution in [0.3, 0.4) is 0 Å². The van der Waals surface area contributed by atoms with Crippen LogP contribution in [0.5, 0.6) is 5.88 Å². The molecule has 4 rings (SSSR count). The van der Waals surface area contributed by atoms with Gasteiger partial charge in [0.2, 0.25) is 5.88 Å². The lowest BCUT2D eigenvalue weighted by molar-refractivity contribution is 0.0698. The summed E-state index contributed by atoms with van der Waals surface area (Å²) in [4.78, 5) is 20.8. The van der Waals surface area contributed by atoms with Gasteiger partial charge in [-0.05, 0) is 43.2 Å². The fourth-order valence-electron chi connectivity index (χ4n) is 3.70. The van der Waals surface area contributed by atoms with Gasteiger partial charge in [-0.25, -0.2) is 14.8 Å². The predicted molar refractivity (Wildman–Crippen MR) is 127 cm³/mol. The number of aromatic nitrogens is 4. The van der Waals surface area contributed by atoms with Crippen LogP contribution >= 0.6 is 0 Å². The number of rotatable bonds is 8. The summed E-state index contributed by atoms with van der Waals surface area (Å²) in [5, 5.41) is 18.0. The smallest absolute Gasteiger partial charge is 0.337 e. The van der Waals surface area contributed by atoms with E-state index in [0.29, 0.717) is 23.2 Å². The van der Waals surface area contributed by atoms with Crippen LogP contribution in [0.25, 0.3) is 16.9 Å². The SMILES string of the molecule is CCCc1nn(-c2ncccc2C)c(Nc2ccccc2C(=O)O)c1-c1ccc(OC)nc1. The number of hydrogen-bond donors (Lipinski definition) is 2. The second kappa shape index (κ2) is 9.52. The highest BCUT2D eigenvalue weighted by molar-refractivity contribution is 5.96. The number of hydrogen-bond acceptors (Lipinski definition) is 6. The number of para-hydroxylation sites is 1. The van der Waals surface area contributed by atoms with Gasteiger partial charge in [0.05, 0.1) is 24.1 Å². The first-order valence-electron chi connectivity index (χ1n) is 10.7.